The van der Waals surface area contributed by atoms with Gasteiger partial charge in [0.1, 0.15) is 6.04 Å². The Morgan fingerprint density at radius 1 is 1.20 bits per heavy atom. The highest BCUT2D eigenvalue weighted by atomic mass is 16.5. The zero-order valence-electron chi connectivity index (χ0n) is 14.3. The quantitative estimate of drug-likeness (QED) is 0.778. The number of carbonyl (C=O) groups is 2. The molecule has 2 heterocycles. The van der Waals surface area contributed by atoms with E-state index in [2.05, 4.69) is 15.4 Å². The van der Waals surface area contributed by atoms with Crippen molar-refractivity contribution in [3.05, 3.63) is 30.3 Å². The van der Waals surface area contributed by atoms with Crippen molar-refractivity contribution in [1.82, 2.24) is 25.1 Å². The van der Waals surface area contributed by atoms with E-state index in [0.29, 0.717) is 31.8 Å². The first-order valence-electron chi connectivity index (χ1n) is 8.31. The summed E-state index contributed by atoms with van der Waals surface area (Å²) in [5.74, 6) is 0.0918. The molecule has 2 aromatic rings. The van der Waals surface area contributed by atoms with Crippen molar-refractivity contribution < 1.29 is 14.3 Å². The van der Waals surface area contributed by atoms with Crippen LogP contribution >= 0.6 is 0 Å². The van der Waals surface area contributed by atoms with Crippen LogP contribution in [0.2, 0.25) is 0 Å². The van der Waals surface area contributed by atoms with Crippen molar-refractivity contribution in [3.63, 3.8) is 0 Å². The van der Waals surface area contributed by atoms with Gasteiger partial charge in [-0.25, -0.2) is 0 Å². The number of aromatic nitrogens is 4. The maximum absolute atomic E-state index is 12.7. The molecule has 25 heavy (non-hydrogen) atoms. The summed E-state index contributed by atoms with van der Waals surface area (Å²) < 4.78 is 4.77. The monoisotopic (exact) mass is 343 g/mol. The first-order chi connectivity index (χ1) is 12.1. The normalized spacial score (nSPS) is 16.5. The summed E-state index contributed by atoms with van der Waals surface area (Å²) >= 11 is 0. The number of ether oxygens (including phenoxy) is 1. The first kappa shape index (κ1) is 17.1. The molecule has 3 rings (SSSR count). The molecular formula is C17H21N5O3. The van der Waals surface area contributed by atoms with E-state index in [0.717, 1.165) is 5.56 Å². The molecule has 1 unspecified atom stereocenters. The highest BCUT2D eigenvalue weighted by molar-refractivity contribution is 5.80. The Kier molecular flexibility index (Phi) is 5.06. The molecule has 1 saturated heterocycles. The maximum atomic E-state index is 12.7. The molecule has 8 heteroatoms. The lowest BCUT2D eigenvalue weighted by Gasteiger charge is -2.32. The number of tetrazole rings is 1. The average molecular weight is 343 g/mol. The molecule has 1 atom stereocenters. The molecule has 1 aliphatic rings. The molecule has 8 nitrogen and oxygen atoms in total. The summed E-state index contributed by atoms with van der Waals surface area (Å²) in [7, 11) is 1.39. The third-order valence-corrected chi connectivity index (χ3v) is 4.51. The molecule has 0 N–H and O–H groups in total. The van der Waals surface area contributed by atoms with Crippen LogP contribution in [0.15, 0.2) is 30.3 Å². The Labute approximate surface area is 145 Å². The Morgan fingerprint density at radius 3 is 2.52 bits per heavy atom. The SMILES string of the molecule is COC(=O)C1CCN(C(=O)C(C)n2nnc(-c3ccccc3)n2)CC1. The highest BCUT2D eigenvalue weighted by Gasteiger charge is 2.31. The van der Waals surface area contributed by atoms with Gasteiger partial charge in [-0.15, -0.1) is 10.2 Å². The van der Waals surface area contributed by atoms with E-state index in [9.17, 15) is 9.59 Å². The molecule has 1 aliphatic heterocycles. The van der Waals surface area contributed by atoms with Crippen LogP contribution in [0, 0.1) is 5.92 Å². The fourth-order valence-electron chi connectivity index (χ4n) is 2.96. The number of nitrogens with zero attached hydrogens (tertiary/aromatic N) is 5. The van der Waals surface area contributed by atoms with Gasteiger partial charge in [0, 0.05) is 18.7 Å². The van der Waals surface area contributed by atoms with Crippen molar-refractivity contribution in [2.45, 2.75) is 25.8 Å². The van der Waals surface area contributed by atoms with Crippen LogP contribution < -0.4 is 0 Å². The number of benzene rings is 1. The first-order valence-corrected chi connectivity index (χ1v) is 8.31. The van der Waals surface area contributed by atoms with Crippen LogP contribution in [0.1, 0.15) is 25.8 Å². The Bertz CT molecular complexity index is 738. The Morgan fingerprint density at radius 2 is 1.88 bits per heavy atom. The van der Waals surface area contributed by atoms with Crippen molar-refractivity contribution in [1.29, 1.82) is 0 Å². The van der Waals surface area contributed by atoms with Gasteiger partial charge in [-0.1, -0.05) is 30.3 Å². The van der Waals surface area contributed by atoms with E-state index >= 15 is 0 Å². The second-order valence-corrected chi connectivity index (χ2v) is 6.10. The molecule has 0 bridgehead atoms. The predicted octanol–water partition coefficient (Wildman–Crippen LogP) is 1.31. The van der Waals surface area contributed by atoms with E-state index in [1.54, 1.807) is 11.8 Å². The van der Waals surface area contributed by atoms with Gasteiger partial charge >= 0.3 is 5.97 Å². The van der Waals surface area contributed by atoms with Crippen molar-refractivity contribution in [2.24, 2.45) is 5.92 Å². The van der Waals surface area contributed by atoms with Crippen molar-refractivity contribution >= 4 is 11.9 Å². The fraction of sp³-hybridized carbons (Fsp3) is 0.471. The number of rotatable bonds is 4. The minimum absolute atomic E-state index is 0.0691. The van der Waals surface area contributed by atoms with Crippen LogP contribution in [0.4, 0.5) is 0 Å². The van der Waals surface area contributed by atoms with Crippen LogP contribution in [-0.4, -0.2) is 57.2 Å². The highest BCUT2D eigenvalue weighted by Crippen LogP contribution is 2.21. The van der Waals surface area contributed by atoms with Gasteiger partial charge in [-0.2, -0.15) is 4.80 Å². The lowest BCUT2D eigenvalue weighted by molar-refractivity contribution is -0.149. The van der Waals surface area contributed by atoms with Crippen LogP contribution in [0.25, 0.3) is 11.4 Å². The number of hydrogen-bond donors (Lipinski definition) is 0. The summed E-state index contributed by atoms with van der Waals surface area (Å²) in [5, 5.41) is 12.4. The molecule has 0 saturated carbocycles. The lowest BCUT2D eigenvalue weighted by atomic mass is 9.96. The Hall–Kier alpha value is -2.77. The summed E-state index contributed by atoms with van der Waals surface area (Å²) in [6, 6.07) is 8.96. The standard InChI is InChI=1S/C17H21N5O3/c1-12(16(23)21-10-8-14(9-11-21)17(24)25-2)22-19-15(18-20-22)13-6-4-3-5-7-13/h3-7,12,14H,8-11H2,1-2H3. The van der Waals surface area contributed by atoms with Gasteiger partial charge in [0.2, 0.25) is 11.7 Å². The topological polar surface area (TPSA) is 90.2 Å². The summed E-state index contributed by atoms with van der Waals surface area (Å²) in [6.45, 7) is 2.82. The molecular weight excluding hydrogens is 322 g/mol. The predicted molar refractivity (Wildman–Crippen MR) is 89.3 cm³/mol. The minimum atomic E-state index is -0.542. The third-order valence-electron chi connectivity index (χ3n) is 4.51. The zero-order chi connectivity index (χ0) is 17.8. The van der Waals surface area contributed by atoms with E-state index in [-0.39, 0.29) is 17.8 Å². The number of methoxy groups -OCH3 is 1. The molecule has 0 spiro atoms. The van der Waals surface area contributed by atoms with E-state index in [1.165, 1.54) is 11.9 Å². The van der Waals surface area contributed by atoms with Gasteiger partial charge < -0.3 is 9.64 Å². The minimum Gasteiger partial charge on any atom is -0.469 e. The van der Waals surface area contributed by atoms with Crippen LogP contribution in [0.3, 0.4) is 0 Å². The Balaban J connectivity index is 1.64. The average Bonchev–Trinajstić information content (AvgIpc) is 3.17. The molecule has 132 valence electrons. The molecule has 1 aromatic carbocycles. The van der Waals surface area contributed by atoms with Gasteiger partial charge in [0.25, 0.3) is 0 Å². The fourth-order valence-corrected chi connectivity index (χ4v) is 2.96. The largest absolute Gasteiger partial charge is 0.469 e. The zero-order valence-corrected chi connectivity index (χ0v) is 14.3. The summed E-state index contributed by atoms with van der Waals surface area (Å²) in [5.41, 5.74) is 0.854. The van der Waals surface area contributed by atoms with Crippen molar-refractivity contribution in [2.75, 3.05) is 20.2 Å². The summed E-state index contributed by atoms with van der Waals surface area (Å²) in [6.07, 6.45) is 1.23. The smallest absolute Gasteiger partial charge is 0.308 e. The lowest BCUT2D eigenvalue weighted by Crippen LogP contribution is -2.43. The van der Waals surface area contributed by atoms with E-state index in [4.69, 9.17) is 4.74 Å². The van der Waals surface area contributed by atoms with Gasteiger partial charge in [0.05, 0.1) is 13.0 Å². The van der Waals surface area contributed by atoms with Gasteiger partial charge in [-0.05, 0) is 25.0 Å². The second kappa shape index (κ2) is 7.42. The number of piperidine rings is 1. The molecule has 1 fully saturated rings. The van der Waals surface area contributed by atoms with Crippen LogP contribution in [-0.2, 0) is 14.3 Å². The van der Waals surface area contributed by atoms with Crippen molar-refractivity contribution in [3.8, 4) is 11.4 Å². The number of hydrogen-bond acceptors (Lipinski definition) is 6. The van der Waals surface area contributed by atoms with E-state index in [1.807, 2.05) is 30.3 Å². The molecule has 1 aromatic heterocycles. The van der Waals surface area contributed by atoms with Gasteiger partial charge in [0.15, 0.2) is 0 Å². The molecule has 0 aliphatic carbocycles. The number of esters is 1. The van der Waals surface area contributed by atoms with Gasteiger partial charge in [-0.3, -0.25) is 9.59 Å². The number of likely N-dealkylation sites (tertiary alicyclic amines) is 1. The number of amides is 1. The molecule has 0 radical (unpaired) electrons. The summed E-state index contributed by atoms with van der Waals surface area (Å²) in [4.78, 5) is 27.3. The van der Waals surface area contributed by atoms with Crippen LogP contribution in [0.5, 0.6) is 0 Å². The third kappa shape index (κ3) is 3.67. The number of carbonyl (C=O) groups excluding carboxylic acids is 2. The maximum Gasteiger partial charge on any atom is 0.308 e. The van der Waals surface area contributed by atoms with E-state index < -0.39 is 6.04 Å². The molecule has 1 amide bonds. The second-order valence-electron chi connectivity index (χ2n) is 6.10.